The minimum absolute atomic E-state index is 0.0534. The van der Waals surface area contributed by atoms with E-state index in [1.54, 1.807) is 12.1 Å². The molecule has 42 heavy (non-hydrogen) atoms. The lowest BCUT2D eigenvalue weighted by Gasteiger charge is -2.29. The zero-order chi connectivity index (χ0) is 29.5. The van der Waals surface area contributed by atoms with Crippen molar-refractivity contribution in [1.29, 1.82) is 0 Å². The Kier molecular flexibility index (Phi) is 7.07. The molecule has 3 amide bonds. The molecule has 0 aliphatic carbocycles. The normalized spacial score (nSPS) is 16.4. The first kappa shape index (κ1) is 27.3. The molecule has 3 heterocycles. The standard InChI is InChI=1S/C29H22ClF2N5O5/c1-41-24-10-22-18(27(34-13-33-22)35-16-2-3-20(31)19(30)7-16)9-25(24)42-12-15-6-14-11-37(29(40)17(14)8-21(15)32)23-4-5-26(38)36-28(23)39/h2-3,6-10,13,23H,4-5,11-12H2,1H3,(H,33,34,35)(H,36,38,39). The zero-order valence-corrected chi connectivity index (χ0v) is 22.8. The molecule has 2 aliphatic rings. The number of rotatable bonds is 7. The maximum atomic E-state index is 15.1. The van der Waals surface area contributed by atoms with E-state index in [-0.39, 0.29) is 53.8 Å². The maximum Gasteiger partial charge on any atom is 0.255 e. The Morgan fingerprint density at radius 3 is 2.67 bits per heavy atom. The van der Waals surface area contributed by atoms with E-state index in [0.29, 0.717) is 33.7 Å². The van der Waals surface area contributed by atoms with E-state index in [1.807, 2.05) is 0 Å². The summed E-state index contributed by atoms with van der Waals surface area (Å²) in [6.45, 7) is -0.0929. The Hall–Kier alpha value is -4.84. The number of anilines is 2. The van der Waals surface area contributed by atoms with Crippen LogP contribution in [-0.2, 0) is 22.7 Å². The molecule has 13 heteroatoms. The van der Waals surface area contributed by atoms with E-state index in [0.717, 1.165) is 6.07 Å². The van der Waals surface area contributed by atoms with Crippen molar-refractivity contribution in [2.75, 3.05) is 12.4 Å². The van der Waals surface area contributed by atoms with Crippen LogP contribution in [0.2, 0.25) is 5.02 Å². The SMILES string of the molecule is COc1cc2ncnc(Nc3ccc(F)c(Cl)c3)c2cc1OCc1cc2c(cc1F)C(=O)N(C1CCC(=O)NC1=O)C2. The first-order chi connectivity index (χ1) is 20.2. The van der Waals surface area contributed by atoms with Gasteiger partial charge in [0.1, 0.15) is 36.4 Å². The van der Waals surface area contributed by atoms with E-state index in [4.69, 9.17) is 21.1 Å². The van der Waals surface area contributed by atoms with Crippen LogP contribution in [0.1, 0.15) is 34.3 Å². The number of imide groups is 1. The minimum Gasteiger partial charge on any atom is -0.493 e. The van der Waals surface area contributed by atoms with Crippen molar-refractivity contribution in [3.8, 4) is 11.5 Å². The third-order valence-corrected chi connectivity index (χ3v) is 7.47. The molecule has 214 valence electrons. The summed E-state index contributed by atoms with van der Waals surface area (Å²) in [6, 6.07) is 9.33. The van der Waals surface area contributed by atoms with E-state index in [9.17, 15) is 18.8 Å². The van der Waals surface area contributed by atoms with Gasteiger partial charge in [0.25, 0.3) is 5.91 Å². The van der Waals surface area contributed by atoms with Gasteiger partial charge in [-0.3, -0.25) is 19.7 Å². The van der Waals surface area contributed by atoms with Crippen LogP contribution in [0.15, 0.2) is 48.8 Å². The number of carbonyl (C=O) groups excluding carboxylic acids is 3. The molecule has 2 aliphatic heterocycles. The van der Waals surface area contributed by atoms with E-state index >= 15 is 4.39 Å². The highest BCUT2D eigenvalue weighted by molar-refractivity contribution is 6.31. The van der Waals surface area contributed by atoms with Crippen molar-refractivity contribution in [1.82, 2.24) is 20.2 Å². The van der Waals surface area contributed by atoms with Crippen LogP contribution >= 0.6 is 11.6 Å². The Morgan fingerprint density at radius 1 is 1.07 bits per heavy atom. The molecule has 2 N–H and O–H groups in total. The number of nitrogens with one attached hydrogen (secondary N) is 2. The number of hydrogen-bond acceptors (Lipinski definition) is 8. The summed E-state index contributed by atoms with van der Waals surface area (Å²) in [7, 11) is 1.46. The third-order valence-electron chi connectivity index (χ3n) is 7.18. The number of benzene rings is 3. The van der Waals surface area contributed by atoms with Gasteiger partial charge in [-0.1, -0.05) is 11.6 Å². The number of carbonyl (C=O) groups is 3. The largest absolute Gasteiger partial charge is 0.493 e. The predicted molar refractivity (Wildman–Crippen MR) is 148 cm³/mol. The number of fused-ring (bicyclic) bond motifs is 2. The van der Waals surface area contributed by atoms with Crippen LogP contribution in [0.25, 0.3) is 10.9 Å². The summed E-state index contributed by atoms with van der Waals surface area (Å²) in [5.41, 5.74) is 1.94. The second-order valence-electron chi connectivity index (χ2n) is 9.79. The molecule has 1 fully saturated rings. The highest BCUT2D eigenvalue weighted by Gasteiger charge is 2.39. The number of methoxy groups -OCH3 is 1. The molecule has 0 saturated carbocycles. The number of nitrogens with zero attached hydrogens (tertiary/aromatic N) is 3. The molecule has 1 unspecified atom stereocenters. The van der Waals surface area contributed by atoms with Gasteiger partial charge in [-0.25, -0.2) is 18.7 Å². The van der Waals surface area contributed by atoms with Crippen molar-refractivity contribution in [3.05, 3.63) is 82.1 Å². The van der Waals surface area contributed by atoms with Gasteiger partial charge in [0.2, 0.25) is 11.8 Å². The molecule has 10 nitrogen and oxygen atoms in total. The predicted octanol–water partition coefficient (Wildman–Crippen LogP) is 4.65. The fraction of sp³-hybridized carbons (Fsp3) is 0.207. The second-order valence-corrected chi connectivity index (χ2v) is 10.2. The molecule has 1 saturated heterocycles. The van der Waals surface area contributed by atoms with Gasteiger partial charge in [-0.2, -0.15) is 0 Å². The Morgan fingerprint density at radius 2 is 1.90 bits per heavy atom. The summed E-state index contributed by atoms with van der Waals surface area (Å²) >= 11 is 5.91. The van der Waals surface area contributed by atoms with Crippen molar-refractivity contribution in [3.63, 3.8) is 0 Å². The highest BCUT2D eigenvalue weighted by atomic mass is 35.5. The van der Waals surface area contributed by atoms with Crippen molar-refractivity contribution in [2.24, 2.45) is 0 Å². The van der Waals surface area contributed by atoms with Gasteiger partial charge in [0.05, 0.1) is 17.6 Å². The number of hydrogen-bond donors (Lipinski definition) is 2. The van der Waals surface area contributed by atoms with Crippen LogP contribution < -0.4 is 20.1 Å². The number of piperidine rings is 1. The van der Waals surface area contributed by atoms with E-state index in [1.165, 1.54) is 42.6 Å². The van der Waals surface area contributed by atoms with E-state index < -0.39 is 29.5 Å². The fourth-order valence-electron chi connectivity index (χ4n) is 5.05. The van der Waals surface area contributed by atoms with Crippen molar-refractivity contribution in [2.45, 2.75) is 32.0 Å². The summed E-state index contributed by atoms with van der Waals surface area (Å²) < 4.78 is 40.2. The number of aromatic nitrogens is 2. The first-order valence-electron chi connectivity index (χ1n) is 12.9. The molecule has 6 rings (SSSR count). The fourth-order valence-corrected chi connectivity index (χ4v) is 5.23. The summed E-state index contributed by atoms with van der Waals surface area (Å²) in [6.07, 6.45) is 1.69. The molecular formula is C29H22ClF2N5O5. The quantitative estimate of drug-likeness (QED) is 0.297. The van der Waals surface area contributed by atoms with Gasteiger partial charge < -0.3 is 19.7 Å². The third kappa shape index (κ3) is 5.05. The summed E-state index contributed by atoms with van der Waals surface area (Å²) in [5, 5.41) is 5.83. The lowest BCUT2D eigenvalue weighted by molar-refractivity contribution is -0.136. The summed E-state index contributed by atoms with van der Waals surface area (Å²) in [4.78, 5) is 46.7. The lowest BCUT2D eigenvalue weighted by Crippen LogP contribution is -2.52. The van der Waals surface area contributed by atoms with Crippen LogP contribution in [0, 0.1) is 11.6 Å². The molecule has 0 bridgehead atoms. The van der Waals surface area contributed by atoms with Gasteiger partial charge in [-0.15, -0.1) is 0 Å². The van der Waals surface area contributed by atoms with Gasteiger partial charge >= 0.3 is 0 Å². The van der Waals surface area contributed by atoms with Crippen LogP contribution in [0.3, 0.4) is 0 Å². The van der Waals surface area contributed by atoms with E-state index in [2.05, 4.69) is 20.6 Å². The molecule has 0 spiro atoms. The second kappa shape index (κ2) is 10.9. The molecule has 1 aromatic heterocycles. The topological polar surface area (TPSA) is 123 Å². The molecule has 4 aromatic rings. The van der Waals surface area contributed by atoms with Crippen molar-refractivity contribution < 1.29 is 32.6 Å². The van der Waals surface area contributed by atoms with Crippen LogP contribution in [0.4, 0.5) is 20.3 Å². The number of amides is 3. The number of ether oxygens (including phenoxy) is 2. The highest BCUT2D eigenvalue weighted by Crippen LogP contribution is 2.36. The lowest BCUT2D eigenvalue weighted by atomic mass is 10.0. The Bertz CT molecular complexity index is 1790. The average molecular weight is 594 g/mol. The van der Waals surface area contributed by atoms with Crippen LogP contribution in [-0.4, -0.2) is 45.7 Å². The minimum atomic E-state index is -0.803. The molecule has 1 atom stereocenters. The molecule has 3 aromatic carbocycles. The van der Waals surface area contributed by atoms with Gasteiger partial charge in [-0.05, 0) is 48.4 Å². The van der Waals surface area contributed by atoms with Crippen molar-refractivity contribution >= 4 is 51.7 Å². The van der Waals surface area contributed by atoms with Gasteiger partial charge in [0.15, 0.2) is 11.5 Å². The average Bonchev–Trinajstić information content (AvgIpc) is 3.28. The van der Waals surface area contributed by atoms with Gasteiger partial charge in [0, 0.05) is 41.2 Å². The Balaban J connectivity index is 1.25. The maximum absolute atomic E-state index is 15.1. The number of halogens is 3. The Labute approximate surface area is 242 Å². The zero-order valence-electron chi connectivity index (χ0n) is 22.0. The monoisotopic (exact) mass is 593 g/mol. The first-order valence-corrected chi connectivity index (χ1v) is 13.2. The smallest absolute Gasteiger partial charge is 0.255 e. The summed E-state index contributed by atoms with van der Waals surface area (Å²) in [5.74, 6) is -1.58. The van der Waals surface area contributed by atoms with Crippen LogP contribution in [0.5, 0.6) is 11.5 Å². The molecular weight excluding hydrogens is 572 g/mol. The molecule has 0 radical (unpaired) electrons.